The minimum Gasteiger partial charge on any atom is -0.480 e. The van der Waals surface area contributed by atoms with E-state index in [0.29, 0.717) is 24.5 Å². The van der Waals surface area contributed by atoms with Crippen molar-refractivity contribution in [1.29, 1.82) is 0 Å². The fourth-order valence-corrected chi connectivity index (χ4v) is 4.33. The zero-order chi connectivity index (χ0) is 17.2. The van der Waals surface area contributed by atoms with Crippen LogP contribution in [0.1, 0.15) is 23.3 Å². The average Bonchev–Trinajstić information content (AvgIpc) is 3.34. The number of hydrogen-bond donors (Lipinski definition) is 0. The number of carbonyl (C=O) groups is 1. The fraction of sp³-hybridized carbons (Fsp3) is 0.421. The Morgan fingerprint density at radius 3 is 3.04 bits per heavy atom. The van der Waals surface area contributed by atoms with Crippen LogP contribution in [-0.2, 0) is 22.5 Å². The van der Waals surface area contributed by atoms with E-state index in [2.05, 4.69) is 6.07 Å². The first-order valence-electron chi connectivity index (χ1n) is 8.57. The predicted molar refractivity (Wildman–Crippen MR) is 98.3 cm³/mol. The largest absolute Gasteiger partial charge is 0.480 e. The summed E-state index contributed by atoms with van der Waals surface area (Å²) in [7, 11) is 0. The van der Waals surface area contributed by atoms with Gasteiger partial charge in [0, 0.05) is 29.5 Å². The summed E-state index contributed by atoms with van der Waals surface area (Å²) < 4.78 is 11.6. The lowest BCUT2D eigenvalue weighted by Crippen LogP contribution is -2.44. The van der Waals surface area contributed by atoms with E-state index in [0.717, 1.165) is 30.8 Å². The Hall–Kier alpha value is -1.56. The number of nitrogens with zero attached hydrogens (tertiary/aromatic N) is 1. The SMILES string of the molecule is O=C(C1Cc2cc(Cl)ccc2O1)N(Cc1cccs1)CC1CCCO1. The van der Waals surface area contributed by atoms with Crippen molar-refractivity contribution >= 4 is 28.8 Å². The van der Waals surface area contributed by atoms with Crippen molar-refractivity contribution in [3.05, 3.63) is 51.2 Å². The Balaban J connectivity index is 1.49. The average molecular weight is 378 g/mol. The van der Waals surface area contributed by atoms with E-state index in [9.17, 15) is 4.79 Å². The molecule has 1 amide bonds. The molecule has 132 valence electrons. The number of halogens is 1. The van der Waals surface area contributed by atoms with Crippen molar-refractivity contribution in [3.63, 3.8) is 0 Å². The smallest absolute Gasteiger partial charge is 0.264 e. The summed E-state index contributed by atoms with van der Waals surface area (Å²) in [5.41, 5.74) is 0.999. The van der Waals surface area contributed by atoms with Gasteiger partial charge >= 0.3 is 0 Å². The topological polar surface area (TPSA) is 38.8 Å². The highest BCUT2D eigenvalue weighted by Crippen LogP contribution is 2.32. The first-order chi connectivity index (χ1) is 12.2. The Morgan fingerprint density at radius 1 is 1.36 bits per heavy atom. The molecule has 2 atom stereocenters. The van der Waals surface area contributed by atoms with Crippen LogP contribution >= 0.6 is 22.9 Å². The lowest BCUT2D eigenvalue weighted by Gasteiger charge is -2.27. The molecule has 2 unspecified atom stereocenters. The van der Waals surface area contributed by atoms with Gasteiger partial charge in [0.25, 0.3) is 5.91 Å². The van der Waals surface area contributed by atoms with E-state index in [1.807, 2.05) is 28.5 Å². The van der Waals surface area contributed by atoms with Crippen LogP contribution in [0.3, 0.4) is 0 Å². The van der Waals surface area contributed by atoms with Crippen LogP contribution < -0.4 is 4.74 Å². The lowest BCUT2D eigenvalue weighted by atomic mass is 10.1. The molecular weight excluding hydrogens is 358 g/mol. The molecule has 0 bridgehead atoms. The maximum atomic E-state index is 13.1. The molecule has 3 heterocycles. The number of rotatable bonds is 5. The Morgan fingerprint density at radius 2 is 2.28 bits per heavy atom. The van der Waals surface area contributed by atoms with E-state index in [1.165, 1.54) is 4.88 Å². The molecule has 0 aliphatic carbocycles. The number of ether oxygens (including phenoxy) is 2. The molecule has 25 heavy (non-hydrogen) atoms. The second-order valence-corrected chi connectivity index (χ2v) is 7.96. The first-order valence-corrected chi connectivity index (χ1v) is 9.82. The highest BCUT2D eigenvalue weighted by Gasteiger charge is 2.34. The van der Waals surface area contributed by atoms with Crippen molar-refractivity contribution in [2.45, 2.75) is 38.0 Å². The molecule has 0 N–H and O–H groups in total. The predicted octanol–water partition coefficient (Wildman–Crippen LogP) is 3.91. The summed E-state index contributed by atoms with van der Waals surface area (Å²) in [6, 6.07) is 9.59. The van der Waals surface area contributed by atoms with Crippen molar-refractivity contribution < 1.29 is 14.3 Å². The molecule has 0 spiro atoms. The van der Waals surface area contributed by atoms with Gasteiger partial charge in [0.1, 0.15) is 5.75 Å². The summed E-state index contributed by atoms with van der Waals surface area (Å²) in [6.45, 7) is 2.01. The first kappa shape index (κ1) is 16.9. The van der Waals surface area contributed by atoms with E-state index >= 15 is 0 Å². The van der Waals surface area contributed by atoms with Gasteiger partial charge in [-0.1, -0.05) is 17.7 Å². The highest BCUT2D eigenvalue weighted by atomic mass is 35.5. The second kappa shape index (κ2) is 7.36. The molecule has 4 nitrogen and oxygen atoms in total. The molecule has 4 rings (SSSR count). The van der Waals surface area contributed by atoms with Gasteiger partial charge in [0.15, 0.2) is 6.10 Å². The summed E-state index contributed by atoms with van der Waals surface area (Å²) in [6.07, 6.45) is 2.30. The number of hydrogen-bond acceptors (Lipinski definition) is 4. The fourth-order valence-electron chi connectivity index (χ4n) is 3.42. The van der Waals surface area contributed by atoms with Crippen molar-refractivity contribution in [3.8, 4) is 5.75 Å². The minimum atomic E-state index is -0.477. The number of amides is 1. The normalized spacial score (nSPS) is 21.8. The third-order valence-electron chi connectivity index (χ3n) is 4.66. The van der Waals surface area contributed by atoms with Gasteiger partial charge in [0.05, 0.1) is 12.6 Å². The monoisotopic (exact) mass is 377 g/mol. The van der Waals surface area contributed by atoms with E-state index < -0.39 is 6.10 Å². The van der Waals surface area contributed by atoms with Crippen molar-refractivity contribution in [2.24, 2.45) is 0 Å². The molecule has 1 aromatic heterocycles. The van der Waals surface area contributed by atoms with Gasteiger partial charge in [-0.3, -0.25) is 4.79 Å². The van der Waals surface area contributed by atoms with Crippen LogP contribution in [-0.4, -0.2) is 36.2 Å². The maximum absolute atomic E-state index is 13.1. The van der Waals surface area contributed by atoms with Crippen LogP contribution in [0.15, 0.2) is 35.7 Å². The molecule has 0 radical (unpaired) electrons. The van der Waals surface area contributed by atoms with E-state index in [4.69, 9.17) is 21.1 Å². The summed E-state index contributed by atoms with van der Waals surface area (Å²) in [5.74, 6) is 0.784. The van der Waals surface area contributed by atoms with E-state index in [1.54, 1.807) is 17.4 Å². The molecule has 6 heteroatoms. The minimum absolute atomic E-state index is 0.0243. The summed E-state index contributed by atoms with van der Waals surface area (Å²) in [5, 5.41) is 2.71. The second-order valence-electron chi connectivity index (χ2n) is 6.50. The highest BCUT2D eigenvalue weighted by molar-refractivity contribution is 7.09. The number of carbonyl (C=O) groups excluding carboxylic acids is 1. The molecule has 2 aliphatic heterocycles. The lowest BCUT2D eigenvalue weighted by molar-refractivity contribution is -0.140. The molecule has 1 fully saturated rings. The van der Waals surface area contributed by atoms with Crippen LogP contribution in [0.4, 0.5) is 0 Å². The Bertz CT molecular complexity index is 743. The molecule has 2 aliphatic rings. The van der Waals surface area contributed by atoms with Gasteiger partial charge in [-0.05, 0) is 48.1 Å². The molecular formula is C19H20ClNO3S. The standard InChI is InChI=1S/C19H20ClNO3S/c20-14-5-6-17-13(9-14)10-18(24-17)19(22)21(11-15-3-1-7-23-15)12-16-4-2-8-25-16/h2,4-6,8-9,15,18H,1,3,7,10-12H2. The maximum Gasteiger partial charge on any atom is 0.264 e. The number of benzene rings is 1. The zero-order valence-electron chi connectivity index (χ0n) is 13.8. The summed E-state index contributed by atoms with van der Waals surface area (Å²) >= 11 is 7.72. The molecule has 1 aromatic carbocycles. The van der Waals surface area contributed by atoms with Gasteiger partial charge in [-0.15, -0.1) is 11.3 Å². The van der Waals surface area contributed by atoms with Gasteiger partial charge < -0.3 is 14.4 Å². The van der Waals surface area contributed by atoms with Gasteiger partial charge in [-0.25, -0.2) is 0 Å². The quantitative estimate of drug-likeness (QED) is 0.792. The van der Waals surface area contributed by atoms with Crippen molar-refractivity contribution in [1.82, 2.24) is 4.90 Å². The zero-order valence-corrected chi connectivity index (χ0v) is 15.4. The number of fused-ring (bicyclic) bond motifs is 1. The third-order valence-corrected chi connectivity index (χ3v) is 5.76. The molecule has 0 saturated carbocycles. The molecule has 2 aromatic rings. The Kier molecular flexibility index (Phi) is 4.97. The van der Waals surface area contributed by atoms with Crippen molar-refractivity contribution in [2.75, 3.05) is 13.2 Å². The van der Waals surface area contributed by atoms with Crippen LogP contribution in [0, 0.1) is 0 Å². The number of thiophene rings is 1. The van der Waals surface area contributed by atoms with Gasteiger partial charge in [-0.2, -0.15) is 0 Å². The summed E-state index contributed by atoms with van der Waals surface area (Å²) in [4.78, 5) is 16.2. The molecule has 1 saturated heterocycles. The van der Waals surface area contributed by atoms with Crippen LogP contribution in [0.25, 0.3) is 0 Å². The Labute approximate surface area is 156 Å². The van der Waals surface area contributed by atoms with Crippen LogP contribution in [0.2, 0.25) is 5.02 Å². The van der Waals surface area contributed by atoms with E-state index in [-0.39, 0.29) is 12.0 Å². The van der Waals surface area contributed by atoms with Crippen LogP contribution in [0.5, 0.6) is 5.75 Å². The van der Waals surface area contributed by atoms with Gasteiger partial charge in [0.2, 0.25) is 0 Å². The third kappa shape index (κ3) is 3.84.